The lowest BCUT2D eigenvalue weighted by Crippen LogP contribution is -2.38. The monoisotopic (exact) mass is 514 g/mol. The van der Waals surface area contributed by atoms with Crippen molar-refractivity contribution < 1.29 is 0 Å². The molecule has 0 spiro atoms. The minimum Gasteiger partial charge on any atom is -0.357 e. The molecule has 1 aliphatic rings. The number of nitrogens with one attached hydrogen (secondary N) is 2. The molecule has 1 saturated heterocycles. The molecule has 0 saturated carbocycles. The summed E-state index contributed by atoms with van der Waals surface area (Å²) in [5.41, 5.74) is 2.35. The van der Waals surface area contributed by atoms with Gasteiger partial charge in [-0.15, -0.1) is 24.0 Å². The zero-order valence-electron chi connectivity index (χ0n) is 16.2. The second-order valence-electron chi connectivity index (χ2n) is 6.66. The van der Waals surface area contributed by atoms with Crippen LogP contribution in [0, 0.1) is 0 Å². The first-order valence-electron chi connectivity index (χ1n) is 9.49. The summed E-state index contributed by atoms with van der Waals surface area (Å²) in [7, 11) is 1.78. The lowest BCUT2D eigenvalue weighted by molar-refractivity contribution is 0.573. The summed E-state index contributed by atoms with van der Waals surface area (Å²) in [6.45, 7) is 3.70. The van der Waals surface area contributed by atoms with Crippen LogP contribution in [-0.2, 0) is 13.0 Å². The van der Waals surface area contributed by atoms with Crippen LogP contribution >= 0.6 is 35.6 Å². The van der Waals surface area contributed by atoms with Crippen molar-refractivity contribution in [2.24, 2.45) is 4.99 Å². The smallest absolute Gasteiger partial charge is 0.191 e. The minimum atomic E-state index is 0. The van der Waals surface area contributed by atoms with Crippen molar-refractivity contribution in [3.05, 3.63) is 52.9 Å². The zero-order valence-corrected chi connectivity index (χ0v) is 19.3. The van der Waals surface area contributed by atoms with Gasteiger partial charge in [-0.3, -0.25) is 4.99 Å². The predicted molar refractivity (Wildman–Crippen MR) is 127 cm³/mol. The number of piperidine rings is 1. The number of aromatic nitrogens is 2. The van der Waals surface area contributed by atoms with E-state index in [1.54, 1.807) is 13.2 Å². The fourth-order valence-electron chi connectivity index (χ4n) is 3.15. The van der Waals surface area contributed by atoms with Gasteiger partial charge in [0.25, 0.3) is 0 Å². The molecule has 2 aromatic heterocycles. The van der Waals surface area contributed by atoms with Crippen molar-refractivity contribution in [3.8, 4) is 0 Å². The third-order valence-electron chi connectivity index (χ3n) is 4.67. The number of halogens is 2. The van der Waals surface area contributed by atoms with Crippen LogP contribution in [0.2, 0.25) is 5.15 Å². The summed E-state index contributed by atoms with van der Waals surface area (Å²) in [6, 6.07) is 8.03. The number of pyridine rings is 2. The Labute approximate surface area is 189 Å². The third kappa shape index (κ3) is 7.09. The van der Waals surface area contributed by atoms with Crippen molar-refractivity contribution in [3.63, 3.8) is 0 Å². The van der Waals surface area contributed by atoms with Gasteiger partial charge in [0, 0.05) is 45.6 Å². The van der Waals surface area contributed by atoms with Crippen molar-refractivity contribution >= 4 is 47.4 Å². The molecule has 1 aliphatic heterocycles. The summed E-state index contributed by atoms with van der Waals surface area (Å²) in [6.07, 6.45) is 8.39. The fourth-order valence-corrected chi connectivity index (χ4v) is 3.26. The molecule has 0 amide bonds. The van der Waals surface area contributed by atoms with Crippen LogP contribution in [0.5, 0.6) is 0 Å². The van der Waals surface area contributed by atoms with E-state index in [2.05, 4.69) is 36.6 Å². The van der Waals surface area contributed by atoms with Gasteiger partial charge in [-0.25, -0.2) is 9.97 Å². The summed E-state index contributed by atoms with van der Waals surface area (Å²) in [5.74, 6) is 1.86. The molecule has 0 aliphatic carbocycles. The van der Waals surface area contributed by atoms with Crippen molar-refractivity contribution in [2.75, 3.05) is 31.6 Å². The van der Waals surface area contributed by atoms with Crippen LogP contribution in [0.1, 0.15) is 30.4 Å². The van der Waals surface area contributed by atoms with Gasteiger partial charge in [-0.2, -0.15) is 0 Å². The topological polar surface area (TPSA) is 65.4 Å². The van der Waals surface area contributed by atoms with E-state index in [-0.39, 0.29) is 24.0 Å². The van der Waals surface area contributed by atoms with E-state index < -0.39 is 0 Å². The van der Waals surface area contributed by atoms with Crippen LogP contribution in [-0.4, -0.2) is 42.6 Å². The minimum absolute atomic E-state index is 0. The summed E-state index contributed by atoms with van der Waals surface area (Å²) < 4.78 is 0. The Morgan fingerprint density at radius 3 is 2.64 bits per heavy atom. The van der Waals surface area contributed by atoms with E-state index in [0.29, 0.717) is 11.7 Å². The van der Waals surface area contributed by atoms with Gasteiger partial charge < -0.3 is 15.5 Å². The van der Waals surface area contributed by atoms with Crippen LogP contribution in [0.25, 0.3) is 0 Å². The van der Waals surface area contributed by atoms with Crippen LogP contribution in [0.3, 0.4) is 0 Å². The van der Waals surface area contributed by atoms with E-state index in [0.717, 1.165) is 43.4 Å². The van der Waals surface area contributed by atoms with Crippen LogP contribution in [0.15, 0.2) is 41.7 Å². The highest BCUT2D eigenvalue weighted by Gasteiger charge is 2.12. The molecule has 0 radical (unpaired) electrons. The molecule has 3 heterocycles. The lowest BCUT2D eigenvalue weighted by Gasteiger charge is -2.28. The molecule has 0 unspecified atom stereocenters. The van der Waals surface area contributed by atoms with Crippen molar-refractivity contribution in [1.82, 2.24) is 20.6 Å². The number of aliphatic imine (C=N–C) groups is 1. The Kier molecular flexibility index (Phi) is 9.77. The second kappa shape index (κ2) is 12.1. The Hall–Kier alpha value is -1.61. The normalized spacial score (nSPS) is 14.4. The van der Waals surface area contributed by atoms with Gasteiger partial charge in [-0.1, -0.05) is 17.7 Å². The van der Waals surface area contributed by atoms with E-state index in [4.69, 9.17) is 11.6 Å². The molecule has 152 valence electrons. The number of hydrogen-bond donors (Lipinski definition) is 2. The van der Waals surface area contributed by atoms with Crippen molar-refractivity contribution in [1.29, 1.82) is 0 Å². The highest BCUT2D eigenvalue weighted by Crippen LogP contribution is 2.18. The number of nitrogens with zero attached hydrogens (tertiary/aromatic N) is 4. The molecule has 0 bridgehead atoms. The zero-order chi connectivity index (χ0) is 18.9. The van der Waals surface area contributed by atoms with E-state index >= 15 is 0 Å². The molecule has 0 atom stereocenters. The third-order valence-corrected chi connectivity index (χ3v) is 4.89. The molecule has 2 aromatic rings. The SMILES string of the molecule is CN=C(NCCc1ccc(Cl)nc1)NCc1ccnc(N2CCCCC2)c1.I. The molecule has 6 nitrogen and oxygen atoms in total. The Morgan fingerprint density at radius 1 is 1.11 bits per heavy atom. The Morgan fingerprint density at radius 2 is 1.93 bits per heavy atom. The largest absolute Gasteiger partial charge is 0.357 e. The first-order chi connectivity index (χ1) is 13.2. The van der Waals surface area contributed by atoms with Crippen LogP contribution < -0.4 is 15.5 Å². The standard InChI is InChI=1S/C20H27ClN6.HI/c1-22-20(24-10-7-16-5-6-18(21)25-14-16)26-15-17-8-9-23-19(13-17)27-11-3-2-4-12-27;/h5-6,8-9,13-14H,2-4,7,10-12,15H2,1H3,(H2,22,24,26);1H. The van der Waals surface area contributed by atoms with Crippen molar-refractivity contribution in [2.45, 2.75) is 32.2 Å². The fraction of sp³-hybridized carbons (Fsp3) is 0.450. The molecule has 0 aromatic carbocycles. The Bertz CT molecular complexity index is 747. The van der Waals surface area contributed by atoms with Gasteiger partial charge in [0.05, 0.1) is 0 Å². The average Bonchev–Trinajstić information content (AvgIpc) is 2.73. The number of anilines is 1. The average molecular weight is 515 g/mol. The van der Waals surface area contributed by atoms with Gasteiger partial charge in [0.1, 0.15) is 11.0 Å². The van der Waals surface area contributed by atoms with Gasteiger partial charge >= 0.3 is 0 Å². The first-order valence-corrected chi connectivity index (χ1v) is 9.87. The maximum atomic E-state index is 5.82. The molecular formula is C20H28ClIN6. The molecule has 8 heteroatoms. The predicted octanol–water partition coefficient (Wildman–Crippen LogP) is 3.65. The number of rotatable bonds is 6. The molecule has 2 N–H and O–H groups in total. The highest BCUT2D eigenvalue weighted by atomic mass is 127. The molecular weight excluding hydrogens is 487 g/mol. The summed E-state index contributed by atoms with van der Waals surface area (Å²) in [4.78, 5) is 15.3. The van der Waals surface area contributed by atoms with E-state index in [1.807, 2.05) is 24.4 Å². The maximum absolute atomic E-state index is 5.82. The quantitative estimate of drug-likeness (QED) is 0.267. The van der Waals surface area contributed by atoms with E-state index in [1.165, 1.54) is 24.8 Å². The first kappa shape index (κ1) is 22.7. The lowest BCUT2D eigenvalue weighted by atomic mass is 10.1. The van der Waals surface area contributed by atoms with Crippen LogP contribution in [0.4, 0.5) is 5.82 Å². The highest BCUT2D eigenvalue weighted by molar-refractivity contribution is 14.0. The molecule has 28 heavy (non-hydrogen) atoms. The molecule has 1 fully saturated rings. The second-order valence-corrected chi connectivity index (χ2v) is 7.05. The maximum Gasteiger partial charge on any atom is 0.191 e. The molecule has 3 rings (SSSR count). The Balaban J connectivity index is 0.00000280. The van der Waals surface area contributed by atoms with Gasteiger partial charge in [-0.05, 0) is 55.0 Å². The number of hydrogen-bond acceptors (Lipinski definition) is 4. The van der Waals surface area contributed by atoms with Gasteiger partial charge in [0.2, 0.25) is 0 Å². The van der Waals surface area contributed by atoms with Gasteiger partial charge in [0.15, 0.2) is 5.96 Å². The summed E-state index contributed by atoms with van der Waals surface area (Å²) >= 11 is 5.82. The number of guanidine groups is 1. The summed E-state index contributed by atoms with van der Waals surface area (Å²) in [5, 5.41) is 7.22. The van der Waals surface area contributed by atoms with E-state index in [9.17, 15) is 0 Å².